The maximum Gasteiger partial charge on any atom is 0.337 e. The number of hydrogen-bond donors (Lipinski definition) is 1. The zero-order chi connectivity index (χ0) is 19.4. The molecule has 27 heavy (non-hydrogen) atoms. The third kappa shape index (κ3) is 4.52. The van der Waals surface area contributed by atoms with Crippen molar-refractivity contribution < 1.29 is 14.3 Å². The Morgan fingerprint density at radius 2 is 1.81 bits per heavy atom. The summed E-state index contributed by atoms with van der Waals surface area (Å²) in [6.07, 6.45) is 0. The van der Waals surface area contributed by atoms with Gasteiger partial charge in [0.2, 0.25) is 0 Å². The minimum Gasteiger partial charge on any atom is -0.465 e. The molecule has 2 amide bonds. The van der Waals surface area contributed by atoms with E-state index in [1.165, 1.54) is 7.11 Å². The number of halogens is 1. The van der Waals surface area contributed by atoms with Gasteiger partial charge < -0.3 is 19.9 Å². The van der Waals surface area contributed by atoms with E-state index in [9.17, 15) is 9.59 Å². The van der Waals surface area contributed by atoms with Crippen LogP contribution < -0.4 is 10.2 Å². The molecule has 2 aromatic carbocycles. The second-order valence-electron chi connectivity index (χ2n) is 6.41. The Morgan fingerprint density at radius 3 is 2.48 bits per heavy atom. The number of aryl methyl sites for hydroxylation is 1. The number of hydrogen-bond acceptors (Lipinski definition) is 4. The molecular formula is C20H22ClN3O3. The van der Waals surface area contributed by atoms with Gasteiger partial charge in [0, 0.05) is 42.6 Å². The SMILES string of the molecule is COC(=O)c1cccc(N2CCN(C(=O)Nc3ccc(Cl)cc3C)CC2)c1. The Balaban J connectivity index is 1.60. The van der Waals surface area contributed by atoms with Crippen LogP contribution in [-0.2, 0) is 4.74 Å². The molecule has 0 aliphatic carbocycles. The Labute approximate surface area is 163 Å². The van der Waals surface area contributed by atoms with Crippen LogP contribution in [0, 0.1) is 6.92 Å². The van der Waals surface area contributed by atoms with E-state index in [0.29, 0.717) is 36.8 Å². The van der Waals surface area contributed by atoms with Gasteiger partial charge in [-0.25, -0.2) is 9.59 Å². The number of nitrogens with one attached hydrogen (secondary N) is 1. The third-order valence-electron chi connectivity index (χ3n) is 4.63. The first-order chi connectivity index (χ1) is 13.0. The number of urea groups is 1. The van der Waals surface area contributed by atoms with Gasteiger partial charge in [-0.3, -0.25) is 0 Å². The standard InChI is InChI=1S/C20H22ClN3O3/c1-14-12-16(21)6-7-18(14)22-20(26)24-10-8-23(9-11-24)17-5-3-4-15(13-17)19(25)27-2/h3-7,12-13H,8-11H2,1-2H3,(H,22,26). The number of amides is 2. The topological polar surface area (TPSA) is 61.9 Å². The molecule has 2 aromatic rings. The van der Waals surface area contributed by atoms with E-state index in [1.807, 2.05) is 37.3 Å². The Kier molecular flexibility index (Phi) is 5.86. The van der Waals surface area contributed by atoms with Crippen LogP contribution in [0.4, 0.5) is 16.2 Å². The first-order valence-corrected chi connectivity index (χ1v) is 9.11. The van der Waals surface area contributed by atoms with Crippen LogP contribution in [0.1, 0.15) is 15.9 Å². The van der Waals surface area contributed by atoms with Crippen molar-refractivity contribution in [2.75, 3.05) is 43.5 Å². The van der Waals surface area contributed by atoms with Crippen LogP contribution in [-0.4, -0.2) is 50.2 Å². The summed E-state index contributed by atoms with van der Waals surface area (Å²) in [5.41, 5.74) is 3.16. The van der Waals surface area contributed by atoms with Crippen molar-refractivity contribution in [2.24, 2.45) is 0 Å². The fraction of sp³-hybridized carbons (Fsp3) is 0.300. The summed E-state index contributed by atoms with van der Waals surface area (Å²) in [6.45, 7) is 4.49. The van der Waals surface area contributed by atoms with Gasteiger partial charge in [0.05, 0.1) is 12.7 Å². The molecule has 1 aliphatic heterocycles. The molecule has 0 aromatic heterocycles. The molecule has 6 nitrogen and oxygen atoms in total. The van der Waals surface area contributed by atoms with Crippen molar-refractivity contribution in [3.8, 4) is 0 Å². The molecule has 0 radical (unpaired) electrons. The Bertz CT molecular complexity index is 848. The number of anilines is 2. The van der Waals surface area contributed by atoms with Gasteiger partial charge in [-0.05, 0) is 48.9 Å². The number of esters is 1. The minimum atomic E-state index is -0.354. The maximum atomic E-state index is 12.5. The van der Waals surface area contributed by atoms with E-state index in [0.717, 1.165) is 16.9 Å². The van der Waals surface area contributed by atoms with Crippen molar-refractivity contribution in [1.82, 2.24) is 4.90 Å². The average molecular weight is 388 g/mol. The van der Waals surface area contributed by atoms with E-state index >= 15 is 0 Å². The van der Waals surface area contributed by atoms with Crippen LogP contribution in [0.5, 0.6) is 0 Å². The Morgan fingerprint density at radius 1 is 1.07 bits per heavy atom. The van der Waals surface area contributed by atoms with Gasteiger partial charge in [0.15, 0.2) is 0 Å². The molecule has 0 saturated carbocycles. The highest BCUT2D eigenvalue weighted by atomic mass is 35.5. The summed E-state index contributed by atoms with van der Waals surface area (Å²) in [5.74, 6) is -0.354. The number of carbonyl (C=O) groups excluding carboxylic acids is 2. The quantitative estimate of drug-likeness (QED) is 0.814. The highest BCUT2D eigenvalue weighted by molar-refractivity contribution is 6.30. The number of ether oxygens (including phenoxy) is 1. The van der Waals surface area contributed by atoms with Crippen LogP contribution in [0.3, 0.4) is 0 Å². The number of nitrogens with zero attached hydrogens (tertiary/aromatic N) is 2. The summed E-state index contributed by atoms with van der Waals surface area (Å²) in [7, 11) is 1.37. The molecule has 142 valence electrons. The first-order valence-electron chi connectivity index (χ1n) is 8.73. The second kappa shape index (κ2) is 8.31. The summed E-state index contributed by atoms with van der Waals surface area (Å²) in [5, 5.41) is 3.59. The summed E-state index contributed by atoms with van der Waals surface area (Å²) >= 11 is 5.96. The highest BCUT2D eigenvalue weighted by Gasteiger charge is 2.22. The van der Waals surface area contributed by atoms with E-state index < -0.39 is 0 Å². The fourth-order valence-electron chi connectivity index (χ4n) is 3.08. The molecule has 1 heterocycles. The van der Waals surface area contributed by atoms with Crippen molar-refractivity contribution >= 4 is 35.0 Å². The zero-order valence-corrected chi connectivity index (χ0v) is 16.1. The molecule has 1 aliphatic rings. The number of piperazine rings is 1. The molecule has 0 spiro atoms. The van der Waals surface area contributed by atoms with Gasteiger partial charge in [-0.2, -0.15) is 0 Å². The maximum absolute atomic E-state index is 12.5. The first kappa shape index (κ1) is 19.0. The normalized spacial score (nSPS) is 14.0. The van der Waals surface area contributed by atoms with E-state index in [2.05, 4.69) is 10.2 Å². The van der Waals surface area contributed by atoms with Crippen LogP contribution in [0.2, 0.25) is 5.02 Å². The van der Waals surface area contributed by atoms with Gasteiger partial charge in [0.1, 0.15) is 0 Å². The molecule has 1 fully saturated rings. The molecule has 3 rings (SSSR count). The van der Waals surface area contributed by atoms with Crippen molar-refractivity contribution in [3.63, 3.8) is 0 Å². The van der Waals surface area contributed by atoms with Crippen LogP contribution in [0.25, 0.3) is 0 Å². The number of benzene rings is 2. The molecule has 0 atom stereocenters. The summed E-state index contributed by atoms with van der Waals surface area (Å²) in [6, 6.07) is 12.6. The predicted octanol–water partition coefficient (Wildman–Crippen LogP) is 3.79. The van der Waals surface area contributed by atoms with Gasteiger partial charge >= 0.3 is 12.0 Å². The number of carbonyl (C=O) groups is 2. The lowest BCUT2D eigenvalue weighted by Crippen LogP contribution is -2.50. The molecule has 1 N–H and O–H groups in total. The van der Waals surface area contributed by atoms with Crippen molar-refractivity contribution in [1.29, 1.82) is 0 Å². The van der Waals surface area contributed by atoms with Gasteiger partial charge in [-0.1, -0.05) is 17.7 Å². The van der Waals surface area contributed by atoms with Crippen LogP contribution >= 0.6 is 11.6 Å². The largest absolute Gasteiger partial charge is 0.465 e. The van der Waals surface area contributed by atoms with Gasteiger partial charge in [-0.15, -0.1) is 0 Å². The smallest absolute Gasteiger partial charge is 0.337 e. The molecular weight excluding hydrogens is 366 g/mol. The van der Waals surface area contributed by atoms with Crippen molar-refractivity contribution in [2.45, 2.75) is 6.92 Å². The van der Waals surface area contributed by atoms with Gasteiger partial charge in [0.25, 0.3) is 0 Å². The van der Waals surface area contributed by atoms with Crippen LogP contribution in [0.15, 0.2) is 42.5 Å². The number of rotatable bonds is 3. The van der Waals surface area contributed by atoms with E-state index in [-0.39, 0.29) is 12.0 Å². The molecule has 1 saturated heterocycles. The zero-order valence-electron chi connectivity index (χ0n) is 15.4. The molecule has 0 unspecified atom stereocenters. The fourth-order valence-corrected chi connectivity index (χ4v) is 3.30. The molecule has 7 heteroatoms. The Hall–Kier alpha value is -2.73. The van der Waals surface area contributed by atoms with Crippen molar-refractivity contribution in [3.05, 3.63) is 58.6 Å². The van der Waals surface area contributed by atoms with E-state index in [4.69, 9.17) is 16.3 Å². The molecule has 0 bridgehead atoms. The lowest BCUT2D eigenvalue weighted by Gasteiger charge is -2.36. The minimum absolute atomic E-state index is 0.122. The van der Waals surface area contributed by atoms with E-state index in [1.54, 1.807) is 17.0 Å². The number of methoxy groups -OCH3 is 1. The average Bonchev–Trinajstić information content (AvgIpc) is 2.69. The summed E-state index contributed by atoms with van der Waals surface area (Å²) in [4.78, 5) is 28.2. The highest BCUT2D eigenvalue weighted by Crippen LogP contribution is 2.21. The third-order valence-corrected chi connectivity index (χ3v) is 4.86. The second-order valence-corrected chi connectivity index (χ2v) is 6.84. The summed E-state index contributed by atoms with van der Waals surface area (Å²) < 4.78 is 4.77. The monoisotopic (exact) mass is 387 g/mol. The predicted molar refractivity (Wildman–Crippen MR) is 107 cm³/mol. The lowest BCUT2D eigenvalue weighted by atomic mass is 10.1. The lowest BCUT2D eigenvalue weighted by molar-refractivity contribution is 0.0600.